The van der Waals surface area contributed by atoms with Crippen LogP contribution in [-0.2, 0) is 9.59 Å². The fraction of sp³-hybridized carbons (Fsp3) is 0.500. The first-order valence-electron chi connectivity index (χ1n) is 7.28. The number of aliphatic carboxylic acids is 1. The van der Waals surface area contributed by atoms with Gasteiger partial charge in [0.1, 0.15) is 0 Å². The number of hydrogen-bond acceptors (Lipinski definition) is 2. The predicted molar refractivity (Wildman–Crippen MR) is 81.1 cm³/mol. The summed E-state index contributed by atoms with van der Waals surface area (Å²) in [4.78, 5) is 23.7. The standard InChI is InChI=1S/C16H20ClNO3/c1-10(11-6-4-5-9-14(11)17)18-15(19)12-7-2-3-8-13(12)16(20)21/h4-6,9-10,12-13H,2-3,7-8H2,1H3,(H,18,19)(H,20,21)/t10?,12-,13+/m1/s1. The zero-order valence-corrected chi connectivity index (χ0v) is 12.8. The number of carboxylic acid groups (broad SMARTS) is 1. The lowest BCUT2D eigenvalue weighted by Gasteiger charge is -2.29. The lowest BCUT2D eigenvalue weighted by molar-refractivity contribution is -0.149. The molecule has 0 heterocycles. The Balaban J connectivity index is 2.06. The Kier molecular flexibility index (Phi) is 5.23. The third kappa shape index (κ3) is 3.76. The van der Waals surface area contributed by atoms with Crippen molar-refractivity contribution in [3.05, 3.63) is 34.9 Å². The van der Waals surface area contributed by atoms with Gasteiger partial charge in [-0.1, -0.05) is 42.6 Å². The molecule has 1 aromatic rings. The molecule has 0 spiro atoms. The van der Waals surface area contributed by atoms with Gasteiger partial charge in [0.05, 0.1) is 17.9 Å². The van der Waals surface area contributed by atoms with E-state index in [-0.39, 0.29) is 11.9 Å². The minimum atomic E-state index is -0.875. The summed E-state index contributed by atoms with van der Waals surface area (Å²) in [7, 11) is 0. The summed E-state index contributed by atoms with van der Waals surface area (Å²) in [6.07, 6.45) is 3.00. The Morgan fingerprint density at radius 3 is 2.48 bits per heavy atom. The number of hydrogen-bond donors (Lipinski definition) is 2. The summed E-state index contributed by atoms with van der Waals surface area (Å²) in [6, 6.07) is 7.11. The number of amides is 1. The summed E-state index contributed by atoms with van der Waals surface area (Å²) < 4.78 is 0. The third-order valence-electron chi connectivity index (χ3n) is 4.15. The van der Waals surface area contributed by atoms with E-state index in [9.17, 15) is 14.7 Å². The first-order chi connectivity index (χ1) is 10.0. The summed E-state index contributed by atoms with van der Waals surface area (Å²) in [6.45, 7) is 1.86. The molecule has 0 radical (unpaired) electrons. The SMILES string of the molecule is CC(NC(=O)[C@@H]1CCCC[C@@H]1C(=O)O)c1ccccc1Cl. The number of halogens is 1. The molecule has 1 aromatic carbocycles. The highest BCUT2D eigenvalue weighted by Gasteiger charge is 2.36. The molecule has 1 amide bonds. The van der Waals surface area contributed by atoms with Crippen LogP contribution in [0.25, 0.3) is 0 Å². The van der Waals surface area contributed by atoms with Crippen molar-refractivity contribution in [3.8, 4) is 0 Å². The molecule has 5 heteroatoms. The molecule has 3 atom stereocenters. The number of carbonyl (C=O) groups is 2. The van der Waals surface area contributed by atoms with Crippen LogP contribution < -0.4 is 5.32 Å². The highest BCUT2D eigenvalue weighted by Crippen LogP contribution is 2.31. The van der Waals surface area contributed by atoms with Crippen molar-refractivity contribution in [1.82, 2.24) is 5.32 Å². The van der Waals surface area contributed by atoms with Crippen molar-refractivity contribution in [2.45, 2.75) is 38.6 Å². The van der Waals surface area contributed by atoms with E-state index < -0.39 is 17.8 Å². The summed E-state index contributed by atoms with van der Waals surface area (Å²) in [5, 5.41) is 12.8. The molecule has 1 aliphatic carbocycles. The van der Waals surface area contributed by atoms with Gasteiger partial charge in [-0.3, -0.25) is 9.59 Å². The zero-order chi connectivity index (χ0) is 15.4. The van der Waals surface area contributed by atoms with E-state index in [1.807, 2.05) is 25.1 Å². The molecule has 0 aromatic heterocycles. The monoisotopic (exact) mass is 309 g/mol. The van der Waals surface area contributed by atoms with Gasteiger partial charge in [0.2, 0.25) is 5.91 Å². The van der Waals surface area contributed by atoms with E-state index in [1.54, 1.807) is 6.07 Å². The highest BCUT2D eigenvalue weighted by molar-refractivity contribution is 6.31. The van der Waals surface area contributed by atoms with E-state index in [2.05, 4.69) is 5.32 Å². The van der Waals surface area contributed by atoms with Crippen molar-refractivity contribution in [2.24, 2.45) is 11.8 Å². The number of carboxylic acids is 1. The van der Waals surface area contributed by atoms with Crippen molar-refractivity contribution in [2.75, 3.05) is 0 Å². The highest BCUT2D eigenvalue weighted by atomic mass is 35.5. The van der Waals surface area contributed by atoms with Crippen LogP contribution in [-0.4, -0.2) is 17.0 Å². The maximum absolute atomic E-state index is 12.4. The molecule has 0 aliphatic heterocycles. The van der Waals surface area contributed by atoms with Crippen LogP contribution in [0.5, 0.6) is 0 Å². The van der Waals surface area contributed by atoms with Crippen LogP contribution in [0.4, 0.5) is 0 Å². The van der Waals surface area contributed by atoms with Crippen molar-refractivity contribution in [1.29, 1.82) is 0 Å². The maximum Gasteiger partial charge on any atom is 0.307 e. The van der Waals surface area contributed by atoms with E-state index in [0.29, 0.717) is 17.9 Å². The molecule has 0 bridgehead atoms. The van der Waals surface area contributed by atoms with Crippen LogP contribution in [0, 0.1) is 11.8 Å². The van der Waals surface area contributed by atoms with Crippen molar-refractivity contribution in [3.63, 3.8) is 0 Å². The first kappa shape index (κ1) is 15.8. The largest absolute Gasteiger partial charge is 0.481 e. The van der Waals surface area contributed by atoms with Gasteiger partial charge in [0, 0.05) is 5.02 Å². The molecule has 4 nitrogen and oxygen atoms in total. The summed E-state index contributed by atoms with van der Waals surface area (Å²) >= 11 is 6.12. The van der Waals surface area contributed by atoms with Crippen LogP contribution in [0.1, 0.15) is 44.2 Å². The minimum absolute atomic E-state index is 0.186. The predicted octanol–water partition coefficient (Wildman–Crippen LogP) is 3.41. The quantitative estimate of drug-likeness (QED) is 0.895. The molecular weight excluding hydrogens is 290 g/mol. The van der Waals surface area contributed by atoms with Crippen LogP contribution in [0.2, 0.25) is 5.02 Å². The molecule has 1 fully saturated rings. The lowest BCUT2D eigenvalue weighted by Crippen LogP contribution is -2.40. The van der Waals surface area contributed by atoms with Gasteiger partial charge in [-0.2, -0.15) is 0 Å². The van der Waals surface area contributed by atoms with Crippen LogP contribution in [0.3, 0.4) is 0 Å². The minimum Gasteiger partial charge on any atom is -0.481 e. The average Bonchev–Trinajstić information content (AvgIpc) is 2.47. The van der Waals surface area contributed by atoms with E-state index in [4.69, 9.17) is 11.6 Å². The Hall–Kier alpha value is -1.55. The normalized spacial score (nSPS) is 23.3. The molecule has 1 saturated carbocycles. The van der Waals surface area contributed by atoms with Crippen LogP contribution >= 0.6 is 11.6 Å². The zero-order valence-electron chi connectivity index (χ0n) is 12.0. The van der Waals surface area contributed by atoms with E-state index in [1.165, 1.54) is 0 Å². The Morgan fingerprint density at radius 1 is 1.24 bits per heavy atom. The second kappa shape index (κ2) is 6.94. The number of rotatable bonds is 4. The fourth-order valence-corrected chi connectivity index (χ4v) is 3.26. The number of benzene rings is 1. The molecule has 0 saturated heterocycles. The topological polar surface area (TPSA) is 66.4 Å². The lowest BCUT2D eigenvalue weighted by atomic mass is 9.78. The molecule has 114 valence electrons. The molecular formula is C16H20ClNO3. The molecule has 21 heavy (non-hydrogen) atoms. The molecule has 2 N–H and O–H groups in total. The van der Waals surface area contributed by atoms with Gasteiger partial charge in [0.15, 0.2) is 0 Å². The number of carbonyl (C=O) groups excluding carboxylic acids is 1. The fourth-order valence-electron chi connectivity index (χ4n) is 2.96. The average molecular weight is 310 g/mol. The smallest absolute Gasteiger partial charge is 0.307 e. The van der Waals surface area contributed by atoms with Gasteiger partial charge >= 0.3 is 5.97 Å². The number of nitrogens with one attached hydrogen (secondary N) is 1. The third-order valence-corrected chi connectivity index (χ3v) is 4.49. The van der Waals surface area contributed by atoms with Gasteiger partial charge in [-0.15, -0.1) is 0 Å². The Morgan fingerprint density at radius 2 is 1.86 bits per heavy atom. The van der Waals surface area contributed by atoms with E-state index >= 15 is 0 Å². The first-order valence-corrected chi connectivity index (χ1v) is 7.66. The van der Waals surface area contributed by atoms with Crippen molar-refractivity contribution < 1.29 is 14.7 Å². The van der Waals surface area contributed by atoms with Gasteiger partial charge in [0.25, 0.3) is 0 Å². The Labute approximate surface area is 129 Å². The van der Waals surface area contributed by atoms with Crippen molar-refractivity contribution >= 4 is 23.5 Å². The second-order valence-corrected chi connectivity index (χ2v) is 5.99. The van der Waals surface area contributed by atoms with Gasteiger partial charge in [-0.05, 0) is 31.4 Å². The molecule has 1 unspecified atom stereocenters. The summed E-state index contributed by atoms with van der Waals surface area (Å²) in [5.74, 6) is -2.08. The Bertz CT molecular complexity index is 532. The maximum atomic E-state index is 12.4. The summed E-state index contributed by atoms with van der Waals surface area (Å²) in [5.41, 5.74) is 0.843. The van der Waals surface area contributed by atoms with Gasteiger partial charge in [-0.25, -0.2) is 0 Å². The van der Waals surface area contributed by atoms with Crippen LogP contribution in [0.15, 0.2) is 24.3 Å². The molecule has 1 aliphatic rings. The molecule has 2 rings (SSSR count). The van der Waals surface area contributed by atoms with E-state index in [0.717, 1.165) is 18.4 Å². The second-order valence-electron chi connectivity index (χ2n) is 5.59. The van der Waals surface area contributed by atoms with Gasteiger partial charge < -0.3 is 10.4 Å².